The average Bonchev–Trinajstić information content (AvgIpc) is 2.74. The molecule has 0 spiro atoms. The summed E-state index contributed by atoms with van der Waals surface area (Å²) in [6.45, 7) is 1.05. The number of aliphatic hydroxyl groups is 3. The fourth-order valence-corrected chi connectivity index (χ4v) is 2.44. The Hall–Kier alpha value is -1.22. The standard InChI is InChI=1S/C10H14N2O6/c1-10(16)2-5(14)12-8-7(18-9(12)11-10)6(15)4(3-13)17-8/h4,6-8,13,15-16H,2-3H2,1H3/t4-,6-,7+,8-,10?/m1/s1. The summed E-state index contributed by atoms with van der Waals surface area (Å²) in [4.78, 5) is 17.0. The highest BCUT2D eigenvalue weighted by atomic mass is 16.6. The van der Waals surface area contributed by atoms with Gasteiger partial charge in [-0.1, -0.05) is 0 Å². The molecule has 0 aliphatic carbocycles. The molecule has 3 aliphatic heterocycles. The maximum Gasteiger partial charge on any atom is 0.299 e. The zero-order chi connectivity index (χ0) is 13.1. The molecule has 0 radical (unpaired) electrons. The van der Waals surface area contributed by atoms with Gasteiger partial charge in [0.1, 0.15) is 12.2 Å². The number of carbonyl (C=O) groups excluding carboxylic acids is 1. The SMILES string of the molecule is CC1(O)CC(=O)N2C(=N1)O[C@H]1[C@H](O)[C@@H](CO)O[C@H]12. The van der Waals surface area contributed by atoms with Crippen LogP contribution in [0.4, 0.5) is 0 Å². The zero-order valence-electron chi connectivity index (χ0n) is 9.68. The normalized spacial score (nSPS) is 46.6. The van der Waals surface area contributed by atoms with Crippen molar-refractivity contribution in [1.82, 2.24) is 4.90 Å². The second-order valence-electron chi connectivity index (χ2n) is 4.87. The monoisotopic (exact) mass is 258 g/mol. The van der Waals surface area contributed by atoms with Crippen LogP contribution in [0, 0.1) is 0 Å². The van der Waals surface area contributed by atoms with Gasteiger partial charge in [-0.05, 0) is 6.92 Å². The summed E-state index contributed by atoms with van der Waals surface area (Å²) in [6.07, 6.45) is -3.56. The number of carbonyl (C=O) groups is 1. The third-order valence-electron chi connectivity index (χ3n) is 3.29. The number of ether oxygens (including phenoxy) is 2. The Labute approximate surface area is 102 Å². The van der Waals surface area contributed by atoms with Crippen LogP contribution < -0.4 is 0 Å². The molecule has 3 heterocycles. The van der Waals surface area contributed by atoms with E-state index in [9.17, 15) is 15.0 Å². The Kier molecular flexibility index (Phi) is 2.39. The first-order valence-corrected chi connectivity index (χ1v) is 5.68. The van der Waals surface area contributed by atoms with Crippen LogP contribution in [0.3, 0.4) is 0 Å². The Balaban J connectivity index is 1.92. The second-order valence-corrected chi connectivity index (χ2v) is 4.87. The molecule has 8 heteroatoms. The lowest BCUT2D eigenvalue weighted by Gasteiger charge is -2.30. The molecule has 0 saturated carbocycles. The minimum Gasteiger partial charge on any atom is -0.454 e. The van der Waals surface area contributed by atoms with E-state index in [1.165, 1.54) is 11.8 Å². The second kappa shape index (κ2) is 3.64. The average molecular weight is 258 g/mol. The lowest BCUT2D eigenvalue weighted by Crippen LogP contribution is -2.48. The van der Waals surface area contributed by atoms with Crippen molar-refractivity contribution >= 4 is 11.9 Å². The fraction of sp³-hybridized carbons (Fsp3) is 0.800. The van der Waals surface area contributed by atoms with E-state index in [0.717, 1.165) is 0 Å². The number of fused-ring (bicyclic) bond motifs is 3. The predicted octanol–water partition coefficient (Wildman–Crippen LogP) is -2.24. The third-order valence-corrected chi connectivity index (χ3v) is 3.29. The minimum atomic E-state index is -1.50. The summed E-state index contributed by atoms with van der Waals surface area (Å²) in [6, 6.07) is -0.0401. The summed E-state index contributed by atoms with van der Waals surface area (Å²) in [5, 5.41) is 28.6. The summed E-state index contributed by atoms with van der Waals surface area (Å²) in [7, 11) is 0. The van der Waals surface area contributed by atoms with E-state index in [4.69, 9.17) is 14.6 Å². The summed E-state index contributed by atoms with van der Waals surface area (Å²) >= 11 is 0. The van der Waals surface area contributed by atoms with Crippen molar-refractivity contribution in [1.29, 1.82) is 0 Å². The number of amides is 1. The number of hydrogen-bond acceptors (Lipinski definition) is 7. The highest BCUT2D eigenvalue weighted by Crippen LogP contribution is 2.36. The number of aliphatic hydroxyl groups excluding tert-OH is 2. The number of aliphatic imine (C=N–C) groups is 1. The van der Waals surface area contributed by atoms with Crippen LogP contribution in [0.25, 0.3) is 0 Å². The minimum absolute atomic E-state index is 0.0401. The van der Waals surface area contributed by atoms with E-state index < -0.39 is 30.3 Å². The highest BCUT2D eigenvalue weighted by molar-refractivity contribution is 5.98. The number of amidine groups is 1. The molecule has 2 fully saturated rings. The van der Waals surface area contributed by atoms with Crippen LogP contribution in [0.5, 0.6) is 0 Å². The first-order valence-electron chi connectivity index (χ1n) is 5.68. The van der Waals surface area contributed by atoms with Gasteiger partial charge < -0.3 is 24.8 Å². The van der Waals surface area contributed by atoms with Gasteiger partial charge in [0.15, 0.2) is 18.1 Å². The van der Waals surface area contributed by atoms with Gasteiger partial charge in [0.05, 0.1) is 13.0 Å². The lowest BCUT2D eigenvalue weighted by atomic mass is 10.1. The first-order chi connectivity index (χ1) is 8.43. The molecular formula is C10H14N2O6. The van der Waals surface area contributed by atoms with Gasteiger partial charge in [0.25, 0.3) is 6.02 Å². The van der Waals surface area contributed by atoms with Gasteiger partial charge in [0.2, 0.25) is 5.91 Å². The molecule has 5 atom stereocenters. The fourth-order valence-electron chi connectivity index (χ4n) is 2.44. The van der Waals surface area contributed by atoms with Gasteiger partial charge >= 0.3 is 0 Å². The van der Waals surface area contributed by atoms with Crippen LogP contribution in [0.1, 0.15) is 13.3 Å². The molecule has 3 rings (SSSR count). The topological polar surface area (TPSA) is 112 Å². The van der Waals surface area contributed by atoms with Crippen LogP contribution in [-0.2, 0) is 14.3 Å². The summed E-state index contributed by atoms with van der Waals surface area (Å²) in [5.41, 5.74) is -1.50. The molecule has 1 unspecified atom stereocenters. The highest BCUT2D eigenvalue weighted by Gasteiger charge is 2.58. The molecule has 0 bridgehead atoms. The number of nitrogens with zero attached hydrogens (tertiary/aromatic N) is 2. The molecule has 3 N–H and O–H groups in total. The molecule has 0 aromatic heterocycles. The molecule has 18 heavy (non-hydrogen) atoms. The van der Waals surface area contributed by atoms with Gasteiger partial charge in [-0.15, -0.1) is 0 Å². The van der Waals surface area contributed by atoms with Crippen molar-refractivity contribution in [3.05, 3.63) is 0 Å². The molecule has 1 amide bonds. The molecule has 2 saturated heterocycles. The summed E-state index contributed by atoms with van der Waals surface area (Å²) < 4.78 is 10.7. The van der Waals surface area contributed by atoms with Gasteiger partial charge in [-0.25, -0.2) is 9.89 Å². The third kappa shape index (κ3) is 1.53. The number of rotatable bonds is 1. The maximum absolute atomic E-state index is 11.9. The molecule has 8 nitrogen and oxygen atoms in total. The van der Waals surface area contributed by atoms with Crippen molar-refractivity contribution in [2.45, 2.75) is 43.6 Å². The van der Waals surface area contributed by atoms with Crippen LogP contribution in [0.15, 0.2) is 4.99 Å². The van der Waals surface area contributed by atoms with Crippen molar-refractivity contribution in [2.75, 3.05) is 6.61 Å². The maximum atomic E-state index is 11.9. The predicted molar refractivity (Wildman–Crippen MR) is 56.1 cm³/mol. The first kappa shape index (κ1) is 11.8. The van der Waals surface area contributed by atoms with Crippen molar-refractivity contribution in [3.63, 3.8) is 0 Å². The van der Waals surface area contributed by atoms with E-state index in [1.54, 1.807) is 0 Å². The van der Waals surface area contributed by atoms with Crippen LogP contribution >= 0.6 is 0 Å². The van der Waals surface area contributed by atoms with Crippen molar-refractivity contribution in [3.8, 4) is 0 Å². The van der Waals surface area contributed by atoms with E-state index in [2.05, 4.69) is 4.99 Å². The quantitative estimate of drug-likeness (QED) is 0.490. The van der Waals surface area contributed by atoms with E-state index in [1.807, 2.05) is 0 Å². The largest absolute Gasteiger partial charge is 0.454 e. The van der Waals surface area contributed by atoms with Crippen molar-refractivity contribution in [2.24, 2.45) is 4.99 Å². The lowest BCUT2D eigenvalue weighted by molar-refractivity contribution is -0.143. The Morgan fingerprint density at radius 3 is 3.00 bits per heavy atom. The molecule has 0 aromatic rings. The smallest absolute Gasteiger partial charge is 0.299 e. The van der Waals surface area contributed by atoms with E-state index >= 15 is 0 Å². The Bertz CT molecular complexity index is 423. The van der Waals surface area contributed by atoms with Gasteiger partial charge in [0, 0.05) is 0 Å². The van der Waals surface area contributed by atoms with Gasteiger partial charge in [-0.3, -0.25) is 4.79 Å². The molecular weight excluding hydrogens is 244 g/mol. The zero-order valence-corrected chi connectivity index (χ0v) is 9.68. The summed E-state index contributed by atoms with van der Waals surface area (Å²) in [5.74, 6) is -0.386. The van der Waals surface area contributed by atoms with E-state index in [-0.39, 0.29) is 25.0 Å². The molecule has 100 valence electrons. The van der Waals surface area contributed by atoms with Gasteiger partial charge in [-0.2, -0.15) is 0 Å². The molecule has 0 aromatic carbocycles. The van der Waals surface area contributed by atoms with Crippen LogP contribution in [-0.4, -0.2) is 69.0 Å². The Morgan fingerprint density at radius 2 is 2.33 bits per heavy atom. The Morgan fingerprint density at radius 1 is 1.61 bits per heavy atom. The molecule has 3 aliphatic rings. The van der Waals surface area contributed by atoms with Crippen molar-refractivity contribution < 1.29 is 29.6 Å². The van der Waals surface area contributed by atoms with E-state index in [0.29, 0.717) is 0 Å². The van der Waals surface area contributed by atoms with Crippen LogP contribution in [0.2, 0.25) is 0 Å². The number of hydrogen-bond donors (Lipinski definition) is 3.